The molecular formula is C20H24O4S. The highest BCUT2D eigenvalue weighted by Crippen LogP contribution is 2.18. The van der Waals surface area contributed by atoms with E-state index < -0.39 is 15.4 Å². The molecule has 0 radical (unpaired) electrons. The van der Waals surface area contributed by atoms with Crippen LogP contribution in [0, 0.1) is 0 Å². The fourth-order valence-electron chi connectivity index (χ4n) is 2.51. The van der Waals surface area contributed by atoms with Crippen LogP contribution in [0.5, 0.6) is 0 Å². The molecule has 0 spiro atoms. The zero-order valence-electron chi connectivity index (χ0n) is 15.1. The normalized spacial score (nSPS) is 12.0. The van der Waals surface area contributed by atoms with Crippen LogP contribution in [0.3, 0.4) is 0 Å². The first-order valence-corrected chi connectivity index (χ1v) is 10.0. The van der Waals surface area contributed by atoms with Crippen LogP contribution in [0.2, 0.25) is 0 Å². The minimum atomic E-state index is -3.20. The van der Waals surface area contributed by atoms with Crippen molar-refractivity contribution in [2.75, 3.05) is 6.26 Å². The van der Waals surface area contributed by atoms with Crippen molar-refractivity contribution >= 4 is 15.8 Å². The van der Waals surface area contributed by atoms with E-state index >= 15 is 0 Å². The lowest BCUT2D eigenvalue weighted by Gasteiger charge is -2.20. The first-order valence-electron chi connectivity index (χ1n) is 8.12. The molecule has 0 unspecified atom stereocenters. The molecule has 0 heterocycles. The van der Waals surface area contributed by atoms with Gasteiger partial charge in [0.15, 0.2) is 9.84 Å². The van der Waals surface area contributed by atoms with Gasteiger partial charge in [-0.1, -0.05) is 36.4 Å². The zero-order chi connectivity index (χ0) is 18.7. The second kappa shape index (κ2) is 7.40. The van der Waals surface area contributed by atoms with Crippen LogP contribution >= 0.6 is 0 Å². The Morgan fingerprint density at radius 2 is 1.52 bits per heavy atom. The Bertz CT molecular complexity index is 844. The molecule has 0 N–H and O–H groups in total. The molecule has 0 aromatic heterocycles. The van der Waals surface area contributed by atoms with Gasteiger partial charge in [-0.15, -0.1) is 0 Å². The largest absolute Gasteiger partial charge is 0.460 e. The molecular weight excluding hydrogens is 336 g/mol. The van der Waals surface area contributed by atoms with E-state index in [4.69, 9.17) is 4.74 Å². The number of carbonyl (C=O) groups is 1. The van der Waals surface area contributed by atoms with Gasteiger partial charge in [-0.3, -0.25) is 4.79 Å². The van der Waals surface area contributed by atoms with Gasteiger partial charge in [0.25, 0.3) is 0 Å². The zero-order valence-corrected chi connectivity index (χ0v) is 15.9. The van der Waals surface area contributed by atoms with Crippen LogP contribution in [0.15, 0.2) is 53.4 Å². The highest BCUT2D eigenvalue weighted by atomic mass is 32.2. The Labute approximate surface area is 149 Å². The number of esters is 1. The Balaban J connectivity index is 2.17. The first-order chi connectivity index (χ1) is 11.5. The van der Waals surface area contributed by atoms with E-state index in [1.54, 1.807) is 24.3 Å². The van der Waals surface area contributed by atoms with Crippen molar-refractivity contribution < 1.29 is 17.9 Å². The van der Waals surface area contributed by atoms with E-state index in [0.29, 0.717) is 11.3 Å². The minimum Gasteiger partial charge on any atom is -0.460 e. The number of hydrogen-bond acceptors (Lipinski definition) is 4. The predicted molar refractivity (Wildman–Crippen MR) is 98.3 cm³/mol. The molecule has 4 nitrogen and oxygen atoms in total. The Morgan fingerprint density at radius 1 is 0.960 bits per heavy atom. The summed E-state index contributed by atoms with van der Waals surface area (Å²) < 4.78 is 28.5. The predicted octanol–water partition coefficient (Wildman–Crippen LogP) is 3.57. The topological polar surface area (TPSA) is 60.4 Å². The number of rotatable bonds is 5. The summed E-state index contributed by atoms with van der Waals surface area (Å²) in [4.78, 5) is 12.4. The second-order valence-electron chi connectivity index (χ2n) is 7.12. The maximum Gasteiger partial charge on any atom is 0.310 e. The molecule has 2 aromatic carbocycles. The number of hydrogen-bond donors (Lipinski definition) is 0. The molecule has 25 heavy (non-hydrogen) atoms. The van der Waals surface area contributed by atoms with Crippen LogP contribution in [0.25, 0.3) is 0 Å². The standard InChI is InChI=1S/C20H24O4S/c1-20(2,3)24-19(21)14-17-8-6-5-7-16(17)13-15-9-11-18(12-10-15)25(4,22)23/h5-12H,13-14H2,1-4H3. The lowest BCUT2D eigenvalue weighted by molar-refractivity contribution is -0.153. The van der Waals surface area contributed by atoms with Crippen LogP contribution < -0.4 is 0 Å². The maximum absolute atomic E-state index is 12.1. The van der Waals surface area contributed by atoms with E-state index in [1.807, 2.05) is 45.0 Å². The number of carbonyl (C=O) groups excluding carboxylic acids is 1. The second-order valence-corrected chi connectivity index (χ2v) is 9.14. The van der Waals surface area contributed by atoms with Crippen LogP contribution in [-0.4, -0.2) is 26.2 Å². The molecule has 2 rings (SSSR count). The Hall–Kier alpha value is -2.14. The van der Waals surface area contributed by atoms with Gasteiger partial charge in [0.05, 0.1) is 11.3 Å². The van der Waals surface area contributed by atoms with Crippen LogP contribution in [-0.2, 0) is 32.2 Å². The van der Waals surface area contributed by atoms with Gasteiger partial charge >= 0.3 is 5.97 Å². The molecule has 0 amide bonds. The summed E-state index contributed by atoms with van der Waals surface area (Å²) in [6.07, 6.45) is 2.04. The molecule has 0 aliphatic carbocycles. The van der Waals surface area contributed by atoms with Gasteiger partial charge in [0, 0.05) is 6.26 Å². The summed E-state index contributed by atoms with van der Waals surface area (Å²) in [7, 11) is -3.20. The number of benzene rings is 2. The summed E-state index contributed by atoms with van der Waals surface area (Å²) in [6, 6.07) is 14.6. The summed E-state index contributed by atoms with van der Waals surface area (Å²) in [6.45, 7) is 5.54. The van der Waals surface area contributed by atoms with Gasteiger partial charge in [-0.2, -0.15) is 0 Å². The van der Waals surface area contributed by atoms with Gasteiger partial charge in [0.2, 0.25) is 0 Å². The Kier molecular flexibility index (Phi) is 5.68. The van der Waals surface area contributed by atoms with Crippen molar-refractivity contribution in [1.82, 2.24) is 0 Å². The number of sulfone groups is 1. The third-order valence-electron chi connectivity index (χ3n) is 3.62. The fraction of sp³-hybridized carbons (Fsp3) is 0.350. The van der Waals surface area contributed by atoms with E-state index in [9.17, 15) is 13.2 Å². The van der Waals surface area contributed by atoms with E-state index in [-0.39, 0.29) is 12.4 Å². The summed E-state index contributed by atoms with van der Waals surface area (Å²) in [5.74, 6) is -0.257. The molecule has 0 fully saturated rings. The molecule has 134 valence electrons. The molecule has 0 saturated heterocycles. The highest BCUT2D eigenvalue weighted by molar-refractivity contribution is 7.90. The van der Waals surface area contributed by atoms with Crippen molar-refractivity contribution in [3.05, 3.63) is 65.2 Å². The number of ether oxygens (including phenoxy) is 1. The molecule has 5 heteroatoms. The first kappa shape index (κ1) is 19.2. The van der Waals surface area contributed by atoms with E-state index in [1.165, 1.54) is 6.26 Å². The van der Waals surface area contributed by atoms with Crippen molar-refractivity contribution in [1.29, 1.82) is 0 Å². The lowest BCUT2D eigenvalue weighted by atomic mass is 9.98. The summed E-state index contributed by atoms with van der Waals surface area (Å²) >= 11 is 0. The molecule has 0 aliphatic heterocycles. The van der Waals surface area contributed by atoms with Crippen molar-refractivity contribution in [3.63, 3.8) is 0 Å². The Morgan fingerprint density at radius 3 is 2.04 bits per heavy atom. The third-order valence-corrected chi connectivity index (χ3v) is 4.75. The molecule has 0 atom stereocenters. The van der Waals surface area contributed by atoms with E-state index in [0.717, 1.165) is 16.7 Å². The molecule has 0 bridgehead atoms. The summed E-state index contributed by atoms with van der Waals surface area (Å²) in [5.41, 5.74) is 2.43. The lowest BCUT2D eigenvalue weighted by Crippen LogP contribution is -2.25. The van der Waals surface area contributed by atoms with Gasteiger partial charge in [-0.25, -0.2) is 8.42 Å². The van der Waals surface area contributed by atoms with Gasteiger partial charge < -0.3 is 4.74 Å². The van der Waals surface area contributed by atoms with E-state index in [2.05, 4.69) is 0 Å². The van der Waals surface area contributed by atoms with Gasteiger partial charge in [0.1, 0.15) is 5.60 Å². The minimum absolute atomic E-state index is 0.217. The van der Waals surface area contributed by atoms with Crippen molar-refractivity contribution in [2.45, 2.75) is 44.1 Å². The quantitative estimate of drug-likeness (QED) is 0.765. The summed E-state index contributed by atoms with van der Waals surface area (Å²) in [5, 5.41) is 0. The monoisotopic (exact) mass is 360 g/mol. The maximum atomic E-state index is 12.1. The van der Waals surface area contributed by atoms with Crippen LogP contribution in [0.1, 0.15) is 37.5 Å². The third kappa shape index (κ3) is 6.02. The van der Waals surface area contributed by atoms with Crippen molar-refractivity contribution in [2.24, 2.45) is 0 Å². The molecule has 2 aromatic rings. The van der Waals surface area contributed by atoms with Gasteiger partial charge in [-0.05, 0) is 56.0 Å². The molecule has 0 saturated carbocycles. The molecule has 0 aliphatic rings. The van der Waals surface area contributed by atoms with Crippen LogP contribution in [0.4, 0.5) is 0 Å². The fourth-order valence-corrected chi connectivity index (χ4v) is 3.14. The SMILES string of the molecule is CC(C)(C)OC(=O)Cc1ccccc1Cc1ccc(S(C)(=O)=O)cc1. The average molecular weight is 360 g/mol. The average Bonchev–Trinajstić information content (AvgIpc) is 2.47. The smallest absolute Gasteiger partial charge is 0.310 e. The highest BCUT2D eigenvalue weighted by Gasteiger charge is 2.17. The van der Waals surface area contributed by atoms with Crippen molar-refractivity contribution in [3.8, 4) is 0 Å².